The molecule has 0 aromatic carbocycles. The van der Waals surface area contributed by atoms with Gasteiger partial charge in [-0.1, -0.05) is 25.4 Å². The predicted octanol–water partition coefficient (Wildman–Crippen LogP) is 3.47. The van der Waals surface area contributed by atoms with Gasteiger partial charge in [0.15, 0.2) is 0 Å². The lowest BCUT2D eigenvalue weighted by molar-refractivity contribution is 0.194. The number of aromatic nitrogens is 2. The molecule has 1 aromatic rings. The van der Waals surface area contributed by atoms with Gasteiger partial charge in [0.2, 0.25) is 0 Å². The number of hydrogen-bond acceptors (Lipinski definition) is 2. The predicted molar refractivity (Wildman–Crippen MR) is 80.4 cm³/mol. The molecule has 0 amide bonds. The minimum Gasteiger partial charge on any atom is -0.325 e. The van der Waals surface area contributed by atoms with Crippen LogP contribution in [0.15, 0.2) is 0 Å². The first-order valence-electron chi connectivity index (χ1n) is 7.29. The highest BCUT2D eigenvalue weighted by Gasteiger charge is 2.34. The molecule has 1 aromatic heterocycles. The van der Waals surface area contributed by atoms with Gasteiger partial charge in [-0.3, -0.25) is 4.68 Å². The zero-order chi connectivity index (χ0) is 14.2. The lowest BCUT2D eigenvalue weighted by atomic mass is 9.71. The van der Waals surface area contributed by atoms with Crippen molar-refractivity contribution in [1.82, 2.24) is 9.78 Å². The summed E-state index contributed by atoms with van der Waals surface area (Å²) in [4.78, 5) is 0. The molecule has 2 rings (SSSR count). The van der Waals surface area contributed by atoms with Gasteiger partial charge in [-0.05, 0) is 50.9 Å². The Hall–Kier alpha value is -0.540. The van der Waals surface area contributed by atoms with Gasteiger partial charge >= 0.3 is 0 Å². The zero-order valence-electron chi connectivity index (χ0n) is 12.5. The average molecular weight is 284 g/mol. The van der Waals surface area contributed by atoms with Crippen LogP contribution in [0.25, 0.3) is 0 Å². The molecule has 0 saturated heterocycles. The van der Waals surface area contributed by atoms with Gasteiger partial charge in [-0.15, -0.1) is 0 Å². The fourth-order valence-electron chi connectivity index (χ4n) is 3.29. The van der Waals surface area contributed by atoms with Crippen LogP contribution in [0.1, 0.15) is 50.8 Å². The molecule has 4 heteroatoms. The summed E-state index contributed by atoms with van der Waals surface area (Å²) in [5.41, 5.74) is 8.66. The minimum absolute atomic E-state index is 0.0944. The molecule has 0 atom stereocenters. The molecule has 2 N–H and O–H groups in total. The number of halogens is 1. The summed E-state index contributed by atoms with van der Waals surface area (Å²) in [7, 11) is 1.89. The standard InChI is InChI=1S/C15H26ClN3/c1-10(2)12-5-7-15(17,8-6-12)9-13-11(3)18-19(4)14(13)16/h10,12H,5-9,17H2,1-4H3. The highest BCUT2D eigenvalue weighted by Crippen LogP contribution is 2.37. The van der Waals surface area contributed by atoms with Crippen LogP contribution in [-0.2, 0) is 13.5 Å². The fourth-order valence-corrected chi connectivity index (χ4v) is 3.53. The van der Waals surface area contributed by atoms with Crippen LogP contribution in [-0.4, -0.2) is 15.3 Å². The van der Waals surface area contributed by atoms with Gasteiger partial charge in [0.25, 0.3) is 0 Å². The monoisotopic (exact) mass is 283 g/mol. The summed E-state index contributed by atoms with van der Waals surface area (Å²) < 4.78 is 1.75. The Morgan fingerprint density at radius 1 is 1.42 bits per heavy atom. The average Bonchev–Trinajstić information content (AvgIpc) is 2.56. The van der Waals surface area contributed by atoms with E-state index in [4.69, 9.17) is 17.3 Å². The van der Waals surface area contributed by atoms with Gasteiger partial charge in [0, 0.05) is 18.2 Å². The highest BCUT2D eigenvalue weighted by atomic mass is 35.5. The van der Waals surface area contributed by atoms with Gasteiger partial charge in [-0.2, -0.15) is 5.10 Å². The third-order valence-corrected chi connectivity index (χ3v) is 5.24. The quantitative estimate of drug-likeness (QED) is 0.923. The van der Waals surface area contributed by atoms with Crippen molar-refractivity contribution >= 4 is 11.6 Å². The second-order valence-corrected chi connectivity index (χ2v) is 6.96. The maximum Gasteiger partial charge on any atom is 0.130 e. The first-order valence-corrected chi connectivity index (χ1v) is 7.67. The molecule has 108 valence electrons. The molecule has 1 aliphatic rings. The number of nitrogens with two attached hydrogens (primary N) is 1. The van der Waals surface area contributed by atoms with E-state index in [-0.39, 0.29) is 5.54 Å². The topological polar surface area (TPSA) is 43.8 Å². The first-order chi connectivity index (χ1) is 8.82. The van der Waals surface area contributed by atoms with E-state index in [9.17, 15) is 0 Å². The summed E-state index contributed by atoms with van der Waals surface area (Å²) in [5.74, 6) is 1.61. The van der Waals surface area contributed by atoms with E-state index in [0.29, 0.717) is 0 Å². The van der Waals surface area contributed by atoms with E-state index in [1.165, 1.54) is 12.8 Å². The van der Waals surface area contributed by atoms with Crippen LogP contribution in [0.2, 0.25) is 5.15 Å². The molecule has 1 heterocycles. The lowest BCUT2D eigenvalue weighted by Crippen LogP contribution is -2.46. The van der Waals surface area contributed by atoms with Crippen LogP contribution < -0.4 is 5.73 Å². The molecule has 0 spiro atoms. The van der Waals surface area contributed by atoms with E-state index >= 15 is 0 Å². The molecule has 0 aliphatic heterocycles. The third-order valence-electron chi connectivity index (χ3n) is 4.77. The van der Waals surface area contributed by atoms with E-state index in [1.807, 2.05) is 14.0 Å². The lowest BCUT2D eigenvalue weighted by Gasteiger charge is -2.38. The summed E-state index contributed by atoms with van der Waals surface area (Å²) in [6.07, 6.45) is 5.54. The molecular weight excluding hydrogens is 258 g/mol. The molecule has 0 radical (unpaired) electrons. The van der Waals surface area contributed by atoms with Crippen molar-refractivity contribution in [2.45, 2.75) is 58.4 Å². The van der Waals surface area contributed by atoms with E-state index in [2.05, 4.69) is 18.9 Å². The minimum atomic E-state index is -0.0944. The van der Waals surface area contributed by atoms with Crippen LogP contribution in [0.5, 0.6) is 0 Å². The highest BCUT2D eigenvalue weighted by molar-refractivity contribution is 6.30. The molecule has 3 nitrogen and oxygen atoms in total. The molecule has 1 fully saturated rings. The molecular formula is C15H26ClN3. The third kappa shape index (κ3) is 3.14. The molecule has 19 heavy (non-hydrogen) atoms. The Morgan fingerprint density at radius 3 is 2.42 bits per heavy atom. The number of hydrogen-bond donors (Lipinski definition) is 1. The van der Waals surface area contributed by atoms with Crippen LogP contribution in [0.4, 0.5) is 0 Å². The van der Waals surface area contributed by atoms with Gasteiger partial charge < -0.3 is 5.73 Å². The smallest absolute Gasteiger partial charge is 0.130 e. The largest absolute Gasteiger partial charge is 0.325 e. The van der Waals surface area contributed by atoms with Crippen molar-refractivity contribution in [2.75, 3.05) is 0 Å². The Bertz CT molecular complexity index is 442. The van der Waals surface area contributed by atoms with Crippen molar-refractivity contribution < 1.29 is 0 Å². The Kier molecular flexibility index (Phi) is 4.26. The van der Waals surface area contributed by atoms with E-state index < -0.39 is 0 Å². The molecule has 1 saturated carbocycles. The second kappa shape index (κ2) is 5.45. The van der Waals surface area contributed by atoms with E-state index in [0.717, 1.165) is 47.5 Å². The van der Waals surface area contributed by atoms with Crippen LogP contribution in [0, 0.1) is 18.8 Å². The Morgan fingerprint density at radius 2 is 2.00 bits per heavy atom. The number of nitrogens with zero attached hydrogens (tertiary/aromatic N) is 2. The van der Waals surface area contributed by atoms with Crippen molar-refractivity contribution in [3.63, 3.8) is 0 Å². The first kappa shape index (κ1) is 14.9. The van der Waals surface area contributed by atoms with Crippen molar-refractivity contribution in [1.29, 1.82) is 0 Å². The summed E-state index contributed by atoms with van der Waals surface area (Å²) in [6.45, 7) is 6.65. The summed E-state index contributed by atoms with van der Waals surface area (Å²) >= 11 is 6.32. The zero-order valence-corrected chi connectivity index (χ0v) is 13.3. The Balaban J connectivity index is 2.07. The molecule has 0 bridgehead atoms. The maximum atomic E-state index is 6.60. The van der Waals surface area contributed by atoms with Crippen LogP contribution >= 0.6 is 11.6 Å². The Labute approximate surface area is 121 Å². The second-order valence-electron chi connectivity index (χ2n) is 6.60. The summed E-state index contributed by atoms with van der Waals surface area (Å²) in [5, 5.41) is 5.12. The number of rotatable bonds is 3. The maximum absolute atomic E-state index is 6.60. The van der Waals surface area contributed by atoms with E-state index in [1.54, 1.807) is 4.68 Å². The van der Waals surface area contributed by atoms with Gasteiger partial charge in [-0.25, -0.2) is 0 Å². The molecule has 0 unspecified atom stereocenters. The normalized spacial score (nSPS) is 28.1. The van der Waals surface area contributed by atoms with Crippen molar-refractivity contribution in [2.24, 2.45) is 24.6 Å². The van der Waals surface area contributed by atoms with Gasteiger partial charge in [0.05, 0.1) is 5.69 Å². The van der Waals surface area contributed by atoms with Gasteiger partial charge in [0.1, 0.15) is 5.15 Å². The summed E-state index contributed by atoms with van der Waals surface area (Å²) in [6, 6.07) is 0. The molecule has 1 aliphatic carbocycles. The SMILES string of the molecule is Cc1nn(C)c(Cl)c1CC1(N)CCC(C(C)C)CC1. The van der Waals surface area contributed by atoms with Crippen LogP contribution in [0.3, 0.4) is 0 Å². The fraction of sp³-hybridized carbons (Fsp3) is 0.800. The van der Waals surface area contributed by atoms with Crippen molar-refractivity contribution in [3.8, 4) is 0 Å². The number of aryl methyl sites for hydroxylation is 2. The van der Waals surface area contributed by atoms with Crippen molar-refractivity contribution in [3.05, 3.63) is 16.4 Å².